The van der Waals surface area contributed by atoms with Gasteiger partial charge in [-0.25, -0.2) is 0 Å². The highest BCUT2D eigenvalue weighted by Crippen LogP contribution is 2.39. The largest absolute Gasteiger partial charge is 0.392 e. The van der Waals surface area contributed by atoms with Gasteiger partial charge in [-0.1, -0.05) is 54.6 Å². The van der Waals surface area contributed by atoms with Crippen LogP contribution in [-0.2, 0) is 25.6 Å². The second-order valence-electron chi connectivity index (χ2n) is 10.7. The van der Waals surface area contributed by atoms with Gasteiger partial charge in [0.2, 0.25) is 0 Å². The maximum Gasteiger partial charge on any atom is 0.255 e. The lowest BCUT2D eigenvalue weighted by atomic mass is 9.98. The van der Waals surface area contributed by atoms with Gasteiger partial charge in [0.25, 0.3) is 5.91 Å². The fraction of sp³-hybridized carbons (Fsp3) is 0.406. The Morgan fingerprint density at radius 2 is 1.55 bits per heavy atom. The first-order valence-electron chi connectivity index (χ1n) is 14.1. The number of nitrogens with zero attached hydrogens (tertiary/aromatic N) is 1. The number of carbonyl (C=O) groups excluding carboxylic acids is 1. The first kappa shape index (κ1) is 27.1. The Labute approximate surface area is 234 Å². The van der Waals surface area contributed by atoms with E-state index in [1.165, 1.54) is 0 Å². The van der Waals surface area contributed by atoms with Crippen LogP contribution in [0.15, 0.2) is 78.9 Å². The summed E-state index contributed by atoms with van der Waals surface area (Å²) in [4.78, 5) is 15.0. The average molecular weight is 545 g/mol. The molecular formula is C32H36N2O6. The molecule has 3 atom stereocenters. The number of aliphatic hydroxyl groups is 1. The van der Waals surface area contributed by atoms with Crippen LogP contribution < -0.4 is 5.32 Å². The number of aliphatic hydroxyl groups excluding tert-OH is 1. The van der Waals surface area contributed by atoms with E-state index < -0.39 is 12.1 Å². The van der Waals surface area contributed by atoms with Crippen LogP contribution in [0.5, 0.6) is 0 Å². The molecule has 0 aromatic heterocycles. The molecule has 3 heterocycles. The molecule has 3 fully saturated rings. The van der Waals surface area contributed by atoms with Gasteiger partial charge in [0, 0.05) is 55.7 Å². The van der Waals surface area contributed by atoms with E-state index in [-0.39, 0.29) is 24.7 Å². The fourth-order valence-corrected chi connectivity index (χ4v) is 5.70. The summed E-state index contributed by atoms with van der Waals surface area (Å²) >= 11 is 0. The third kappa shape index (κ3) is 6.28. The van der Waals surface area contributed by atoms with Gasteiger partial charge in [0.05, 0.1) is 32.0 Å². The highest BCUT2D eigenvalue weighted by Gasteiger charge is 2.41. The van der Waals surface area contributed by atoms with Crippen LogP contribution in [-0.4, -0.2) is 60.7 Å². The van der Waals surface area contributed by atoms with Crippen LogP contribution in [0.4, 0.5) is 5.69 Å². The summed E-state index contributed by atoms with van der Waals surface area (Å²) in [6.07, 6.45) is 1.74. The normalized spacial score (nSPS) is 24.7. The topological polar surface area (TPSA) is 89.5 Å². The van der Waals surface area contributed by atoms with Crippen LogP contribution in [0.1, 0.15) is 58.7 Å². The van der Waals surface area contributed by atoms with Crippen molar-refractivity contribution in [2.24, 2.45) is 0 Å². The monoisotopic (exact) mass is 544 g/mol. The van der Waals surface area contributed by atoms with Crippen LogP contribution in [0.2, 0.25) is 0 Å². The third-order valence-electron chi connectivity index (χ3n) is 7.98. The number of likely N-dealkylation sites (tertiary alicyclic amines) is 1. The summed E-state index contributed by atoms with van der Waals surface area (Å²) in [5, 5.41) is 12.4. The molecular weight excluding hydrogens is 508 g/mol. The number of piperidine rings is 1. The van der Waals surface area contributed by atoms with Crippen molar-refractivity contribution in [3.8, 4) is 0 Å². The molecule has 3 aromatic carbocycles. The lowest BCUT2D eigenvalue weighted by Gasteiger charge is -2.41. The molecule has 8 heteroatoms. The molecule has 0 unspecified atom stereocenters. The van der Waals surface area contributed by atoms with Gasteiger partial charge in [-0.3, -0.25) is 4.79 Å². The molecule has 6 rings (SSSR count). The zero-order valence-corrected chi connectivity index (χ0v) is 22.5. The van der Waals surface area contributed by atoms with E-state index in [9.17, 15) is 9.90 Å². The molecule has 210 valence electrons. The Balaban J connectivity index is 1.15. The van der Waals surface area contributed by atoms with Crippen molar-refractivity contribution in [2.75, 3.05) is 38.2 Å². The van der Waals surface area contributed by atoms with Crippen molar-refractivity contribution >= 4 is 11.6 Å². The number of ether oxygens (including phenoxy) is 4. The summed E-state index contributed by atoms with van der Waals surface area (Å²) in [5.74, 6) is -0.550. The molecule has 1 amide bonds. The minimum Gasteiger partial charge on any atom is -0.392 e. The van der Waals surface area contributed by atoms with E-state index in [2.05, 4.69) is 10.2 Å². The summed E-state index contributed by atoms with van der Waals surface area (Å²) in [6, 6.07) is 24.7. The first-order chi connectivity index (χ1) is 19.6. The van der Waals surface area contributed by atoms with Crippen LogP contribution in [0.3, 0.4) is 0 Å². The Kier molecular flexibility index (Phi) is 8.25. The smallest absolute Gasteiger partial charge is 0.255 e. The van der Waals surface area contributed by atoms with Crippen LogP contribution >= 0.6 is 0 Å². The molecule has 8 nitrogen and oxygen atoms in total. The standard InChI is InChI=1S/C32H36N2O6/c35-22-23-6-8-24(9-7-23)29-20-28(21-34-16-14-32(15-17-34)37-18-19-38-32)39-31(40-29)26-10-12-27(13-11-26)33-30(36)25-4-2-1-3-5-25/h1-13,28-29,31,35H,14-22H2,(H,33,36)/t28-,29+,31+/m1/s1. The number of benzene rings is 3. The maximum atomic E-state index is 12.6. The van der Waals surface area contributed by atoms with E-state index in [0.29, 0.717) is 24.5 Å². The molecule has 3 aliphatic heterocycles. The second-order valence-corrected chi connectivity index (χ2v) is 10.7. The van der Waals surface area contributed by atoms with Crippen molar-refractivity contribution < 1.29 is 28.8 Å². The minimum absolute atomic E-state index is 0.0111. The van der Waals surface area contributed by atoms with Crippen LogP contribution in [0.25, 0.3) is 0 Å². The van der Waals surface area contributed by atoms with Gasteiger partial charge in [-0.2, -0.15) is 0 Å². The predicted octanol–water partition coefficient (Wildman–Crippen LogP) is 4.82. The van der Waals surface area contributed by atoms with E-state index in [4.69, 9.17) is 18.9 Å². The molecule has 0 radical (unpaired) electrons. The first-order valence-corrected chi connectivity index (χ1v) is 14.1. The third-order valence-corrected chi connectivity index (χ3v) is 7.98. The van der Waals surface area contributed by atoms with E-state index in [1.807, 2.05) is 66.7 Å². The zero-order chi connectivity index (χ0) is 27.4. The van der Waals surface area contributed by atoms with E-state index in [1.54, 1.807) is 12.1 Å². The van der Waals surface area contributed by atoms with Gasteiger partial charge in [0.1, 0.15) is 0 Å². The van der Waals surface area contributed by atoms with Gasteiger partial charge in [-0.15, -0.1) is 0 Å². The van der Waals surface area contributed by atoms with Gasteiger partial charge in [-0.05, 0) is 35.4 Å². The van der Waals surface area contributed by atoms with Gasteiger partial charge < -0.3 is 34.3 Å². The molecule has 3 aliphatic rings. The molecule has 40 heavy (non-hydrogen) atoms. The quantitative estimate of drug-likeness (QED) is 0.441. The van der Waals surface area contributed by atoms with E-state index in [0.717, 1.165) is 55.6 Å². The number of anilines is 1. The zero-order valence-electron chi connectivity index (χ0n) is 22.5. The average Bonchev–Trinajstić information content (AvgIpc) is 3.47. The Morgan fingerprint density at radius 3 is 2.23 bits per heavy atom. The summed E-state index contributed by atoms with van der Waals surface area (Å²) in [6.45, 7) is 3.96. The number of rotatable bonds is 7. The molecule has 3 aromatic rings. The fourth-order valence-electron chi connectivity index (χ4n) is 5.70. The molecule has 0 aliphatic carbocycles. The van der Waals surface area contributed by atoms with Crippen molar-refractivity contribution in [3.63, 3.8) is 0 Å². The minimum atomic E-state index is -0.544. The lowest BCUT2D eigenvalue weighted by Crippen LogP contribution is -2.48. The lowest BCUT2D eigenvalue weighted by molar-refractivity contribution is -0.255. The van der Waals surface area contributed by atoms with Crippen molar-refractivity contribution in [2.45, 2.75) is 50.2 Å². The summed E-state index contributed by atoms with van der Waals surface area (Å²) < 4.78 is 24.8. The Morgan fingerprint density at radius 1 is 0.875 bits per heavy atom. The Bertz CT molecular complexity index is 1250. The number of carbonyl (C=O) groups is 1. The SMILES string of the molecule is O=C(Nc1ccc([C@H]2O[C@@H](CN3CCC4(CC3)OCCO4)C[C@@H](c3ccc(CO)cc3)O2)cc1)c1ccccc1. The summed E-state index contributed by atoms with van der Waals surface area (Å²) in [5.41, 5.74) is 4.14. The number of hydrogen-bond acceptors (Lipinski definition) is 7. The van der Waals surface area contributed by atoms with Gasteiger partial charge >= 0.3 is 0 Å². The predicted molar refractivity (Wildman–Crippen MR) is 150 cm³/mol. The highest BCUT2D eigenvalue weighted by atomic mass is 16.7. The molecule has 0 bridgehead atoms. The molecule has 0 saturated carbocycles. The highest BCUT2D eigenvalue weighted by molar-refractivity contribution is 6.04. The van der Waals surface area contributed by atoms with Crippen molar-refractivity contribution in [3.05, 3.63) is 101 Å². The summed E-state index contributed by atoms with van der Waals surface area (Å²) in [7, 11) is 0. The van der Waals surface area contributed by atoms with Crippen molar-refractivity contribution in [1.82, 2.24) is 4.90 Å². The molecule has 3 saturated heterocycles. The van der Waals surface area contributed by atoms with E-state index >= 15 is 0 Å². The number of hydrogen-bond donors (Lipinski definition) is 2. The second kappa shape index (κ2) is 12.2. The van der Waals surface area contributed by atoms with Crippen molar-refractivity contribution in [1.29, 1.82) is 0 Å². The van der Waals surface area contributed by atoms with Crippen LogP contribution in [0, 0.1) is 0 Å². The Hall–Kier alpha value is -3.11. The number of amides is 1. The number of nitrogens with one attached hydrogen (secondary N) is 1. The molecule has 2 N–H and O–H groups in total. The van der Waals surface area contributed by atoms with Gasteiger partial charge in [0.15, 0.2) is 12.1 Å². The maximum absolute atomic E-state index is 12.6. The molecule has 1 spiro atoms.